The average Bonchev–Trinajstić information content (AvgIpc) is 2.38. The fraction of sp³-hybridized carbons (Fsp3) is 0.600. The van der Waals surface area contributed by atoms with E-state index in [0.29, 0.717) is 18.8 Å². The van der Waals surface area contributed by atoms with Gasteiger partial charge in [-0.3, -0.25) is 0 Å². The first-order valence-corrected chi connectivity index (χ1v) is 6.83. The molecule has 0 amide bonds. The maximum absolute atomic E-state index is 12.6. The van der Waals surface area contributed by atoms with Crippen molar-refractivity contribution in [2.24, 2.45) is 0 Å². The molecule has 0 aromatic heterocycles. The lowest BCUT2D eigenvalue weighted by atomic mass is 9.97. The summed E-state index contributed by atoms with van der Waals surface area (Å²) in [5.41, 5.74) is 0.936. The Bertz CT molecular complexity index is 418. The third-order valence-corrected chi connectivity index (χ3v) is 3.22. The summed E-state index contributed by atoms with van der Waals surface area (Å²) in [5.74, 6) is 0. The summed E-state index contributed by atoms with van der Waals surface area (Å²) in [6.45, 7) is 5.06. The second kappa shape index (κ2) is 7.64. The Morgan fingerprint density at radius 2 is 1.95 bits per heavy atom. The van der Waals surface area contributed by atoms with Crippen LogP contribution < -0.4 is 5.32 Å². The van der Waals surface area contributed by atoms with Crippen LogP contribution in [0.5, 0.6) is 0 Å². The van der Waals surface area contributed by atoms with Crippen LogP contribution >= 0.6 is 0 Å². The zero-order valence-electron chi connectivity index (χ0n) is 12.2. The molecular formula is C15H22F3NO. The summed E-state index contributed by atoms with van der Waals surface area (Å²) >= 11 is 0. The van der Waals surface area contributed by atoms with Crippen molar-refractivity contribution in [3.8, 4) is 0 Å². The van der Waals surface area contributed by atoms with Crippen molar-refractivity contribution in [1.82, 2.24) is 5.32 Å². The van der Waals surface area contributed by atoms with Crippen LogP contribution in [0.1, 0.15) is 42.5 Å². The predicted octanol–water partition coefficient (Wildman–Crippen LogP) is 4.09. The van der Waals surface area contributed by atoms with Crippen LogP contribution in [-0.2, 0) is 10.9 Å². The van der Waals surface area contributed by atoms with Crippen LogP contribution in [0.15, 0.2) is 18.2 Å². The van der Waals surface area contributed by atoms with Gasteiger partial charge in [0.05, 0.1) is 5.56 Å². The number of alkyl halides is 3. The molecule has 114 valence electrons. The first kappa shape index (κ1) is 17.0. The number of halogens is 3. The van der Waals surface area contributed by atoms with E-state index in [9.17, 15) is 13.2 Å². The van der Waals surface area contributed by atoms with Gasteiger partial charge in [-0.15, -0.1) is 0 Å². The first-order chi connectivity index (χ1) is 9.40. The molecule has 1 aromatic rings. The number of hydrogen-bond acceptors (Lipinski definition) is 2. The van der Waals surface area contributed by atoms with Gasteiger partial charge in [0.1, 0.15) is 0 Å². The Hall–Kier alpha value is -1.07. The summed E-state index contributed by atoms with van der Waals surface area (Å²) in [5, 5.41) is 3.13. The number of rotatable bonds is 7. The van der Waals surface area contributed by atoms with Crippen molar-refractivity contribution in [3.05, 3.63) is 34.9 Å². The molecule has 2 nitrogen and oxygen atoms in total. The fourth-order valence-electron chi connectivity index (χ4n) is 2.15. The Morgan fingerprint density at radius 1 is 1.25 bits per heavy atom. The molecule has 0 aliphatic carbocycles. The quantitative estimate of drug-likeness (QED) is 0.763. The minimum atomic E-state index is -4.29. The van der Waals surface area contributed by atoms with Crippen LogP contribution in [0.3, 0.4) is 0 Å². The summed E-state index contributed by atoms with van der Waals surface area (Å²) in [7, 11) is 1.81. The molecule has 5 heteroatoms. The summed E-state index contributed by atoms with van der Waals surface area (Å²) in [4.78, 5) is 0. The highest BCUT2D eigenvalue weighted by atomic mass is 19.4. The lowest BCUT2D eigenvalue weighted by molar-refractivity contribution is -0.137. The number of aryl methyl sites for hydroxylation is 1. The molecule has 0 aliphatic rings. The van der Waals surface area contributed by atoms with Gasteiger partial charge in [-0.2, -0.15) is 13.2 Å². The van der Waals surface area contributed by atoms with Crippen molar-refractivity contribution in [3.63, 3.8) is 0 Å². The summed E-state index contributed by atoms with van der Waals surface area (Å²) in [6.07, 6.45) is -2.59. The van der Waals surface area contributed by atoms with Crippen LogP contribution in [-0.4, -0.2) is 20.3 Å². The van der Waals surface area contributed by atoms with Crippen LogP contribution in [0.2, 0.25) is 0 Å². The Labute approximate surface area is 118 Å². The SMILES string of the molecule is CCCOCCC(NC)c1ccc(C(F)(F)F)cc1C. The molecular weight excluding hydrogens is 267 g/mol. The van der Waals surface area contributed by atoms with E-state index in [0.717, 1.165) is 24.5 Å². The molecule has 0 fully saturated rings. The van der Waals surface area contributed by atoms with Crippen molar-refractivity contribution in [2.45, 2.75) is 38.9 Å². The molecule has 0 bridgehead atoms. The molecule has 1 unspecified atom stereocenters. The number of hydrogen-bond donors (Lipinski definition) is 1. The zero-order valence-corrected chi connectivity index (χ0v) is 12.2. The van der Waals surface area contributed by atoms with E-state index in [1.807, 2.05) is 14.0 Å². The maximum Gasteiger partial charge on any atom is 0.416 e. The lowest BCUT2D eigenvalue weighted by Crippen LogP contribution is -2.20. The molecule has 1 rings (SSSR count). The molecule has 1 aromatic carbocycles. The van der Waals surface area contributed by atoms with Crippen LogP contribution in [0.4, 0.5) is 13.2 Å². The van der Waals surface area contributed by atoms with Gasteiger partial charge in [-0.05, 0) is 50.1 Å². The Morgan fingerprint density at radius 3 is 2.45 bits per heavy atom. The monoisotopic (exact) mass is 289 g/mol. The molecule has 0 saturated heterocycles. The van der Waals surface area contributed by atoms with E-state index in [1.165, 1.54) is 6.07 Å². The highest BCUT2D eigenvalue weighted by Gasteiger charge is 2.30. The molecule has 0 heterocycles. The van der Waals surface area contributed by atoms with Gasteiger partial charge in [0.2, 0.25) is 0 Å². The molecule has 0 saturated carbocycles. The van der Waals surface area contributed by atoms with Crippen molar-refractivity contribution < 1.29 is 17.9 Å². The van der Waals surface area contributed by atoms with Gasteiger partial charge in [-0.25, -0.2) is 0 Å². The van der Waals surface area contributed by atoms with E-state index in [1.54, 1.807) is 13.0 Å². The minimum Gasteiger partial charge on any atom is -0.381 e. The number of nitrogens with one attached hydrogen (secondary N) is 1. The molecule has 1 atom stereocenters. The molecule has 0 aliphatic heterocycles. The fourth-order valence-corrected chi connectivity index (χ4v) is 2.15. The van der Waals surface area contributed by atoms with Gasteiger partial charge in [0.15, 0.2) is 0 Å². The third-order valence-electron chi connectivity index (χ3n) is 3.22. The smallest absolute Gasteiger partial charge is 0.381 e. The van der Waals surface area contributed by atoms with Gasteiger partial charge in [-0.1, -0.05) is 13.0 Å². The molecule has 0 radical (unpaired) electrons. The largest absolute Gasteiger partial charge is 0.416 e. The number of ether oxygens (including phenoxy) is 1. The summed E-state index contributed by atoms with van der Waals surface area (Å²) in [6, 6.07) is 3.90. The standard InChI is InChI=1S/C15H22F3NO/c1-4-8-20-9-7-14(19-3)13-6-5-12(10-11(13)2)15(16,17)18/h5-6,10,14,19H,4,7-9H2,1-3H3. The van der Waals surface area contributed by atoms with Crippen LogP contribution in [0, 0.1) is 6.92 Å². The second-order valence-corrected chi connectivity index (χ2v) is 4.81. The van der Waals surface area contributed by atoms with Gasteiger partial charge >= 0.3 is 6.18 Å². The van der Waals surface area contributed by atoms with E-state index in [-0.39, 0.29) is 6.04 Å². The predicted molar refractivity (Wildman–Crippen MR) is 73.7 cm³/mol. The summed E-state index contributed by atoms with van der Waals surface area (Å²) < 4.78 is 43.3. The molecule has 20 heavy (non-hydrogen) atoms. The van der Waals surface area contributed by atoms with Crippen molar-refractivity contribution in [1.29, 1.82) is 0 Å². The molecule has 1 N–H and O–H groups in total. The lowest BCUT2D eigenvalue weighted by Gasteiger charge is -2.20. The molecule has 0 spiro atoms. The van der Waals surface area contributed by atoms with Gasteiger partial charge < -0.3 is 10.1 Å². The zero-order chi connectivity index (χ0) is 15.2. The topological polar surface area (TPSA) is 21.3 Å². The van der Waals surface area contributed by atoms with E-state index in [2.05, 4.69) is 5.32 Å². The number of benzene rings is 1. The normalized spacial score (nSPS) is 13.5. The highest BCUT2D eigenvalue weighted by molar-refractivity contribution is 5.34. The highest BCUT2D eigenvalue weighted by Crippen LogP contribution is 2.32. The Kier molecular flexibility index (Phi) is 6.49. The first-order valence-electron chi connectivity index (χ1n) is 6.83. The average molecular weight is 289 g/mol. The maximum atomic E-state index is 12.6. The third kappa shape index (κ3) is 4.80. The Balaban J connectivity index is 2.78. The van der Waals surface area contributed by atoms with E-state index >= 15 is 0 Å². The van der Waals surface area contributed by atoms with Gasteiger partial charge in [0, 0.05) is 19.3 Å². The minimum absolute atomic E-state index is 0.00846. The van der Waals surface area contributed by atoms with E-state index < -0.39 is 11.7 Å². The van der Waals surface area contributed by atoms with Crippen molar-refractivity contribution in [2.75, 3.05) is 20.3 Å². The van der Waals surface area contributed by atoms with Gasteiger partial charge in [0.25, 0.3) is 0 Å². The second-order valence-electron chi connectivity index (χ2n) is 4.81. The van der Waals surface area contributed by atoms with Crippen LogP contribution in [0.25, 0.3) is 0 Å². The van der Waals surface area contributed by atoms with Crippen molar-refractivity contribution >= 4 is 0 Å². The van der Waals surface area contributed by atoms with E-state index in [4.69, 9.17) is 4.74 Å².